The summed E-state index contributed by atoms with van der Waals surface area (Å²) in [6.45, 7) is 11.8. The minimum absolute atomic E-state index is 0.0157. The average molecular weight is 1050 g/mol. The third-order valence-corrected chi connectivity index (χ3v) is 14.3. The number of carbonyl (C=O) groups excluding carboxylic acids is 4. The van der Waals surface area contributed by atoms with E-state index in [0.717, 1.165) is 49.9 Å². The number of halogens is 3. The minimum atomic E-state index is -4.82. The zero-order valence-electron chi connectivity index (χ0n) is 41.9. The monoisotopic (exact) mass is 1050 g/mol. The molecule has 5 aromatic rings. The van der Waals surface area contributed by atoms with Crippen molar-refractivity contribution in [2.24, 2.45) is 5.41 Å². The van der Waals surface area contributed by atoms with Gasteiger partial charge in [0.1, 0.15) is 30.0 Å². The Hall–Kier alpha value is -6.76. The lowest BCUT2D eigenvalue weighted by Crippen LogP contribution is -2.58. The number of nitriles is 1. The number of anilines is 2. The van der Waals surface area contributed by atoms with E-state index in [1.54, 1.807) is 86.7 Å². The number of rotatable bonds is 17. The van der Waals surface area contributed by atoms with Crippen LogP contribution in [0.3, 0.4) is 0 Å². The normalized spacial score (nSPS) is 18.0. The predicted molar refractivity (Wildman–Crippen MR) is 278 cm³/mol. The number of alkyl halides is 3. The number of aliphatic hydroxyl groups is 2. The van der Waals surface area contributed by atoms with E-state index in [2.05, 4.69) is 15.6 Å². The van der Waals surface area contributed by atoms with E-state index in [1.165, 1.54) is 11.0 Å². The number of likely N-dealkylation sites (tertiary alicyclic amines) is 1. The van der Waals surface area contributed by atoms with Gasteiger partial charge in [0.05, 0.1) is 70.4 Å². The first-order valence-electron chi connectivity index (χ1n) is 23.9. The first-order valence-corrected chi connectivity index (χ1v) is 25.2. The van der Waals surface area contributed by atoms with E-state index < -0.39 is 88.8 Å². The van der Waals surface area contributed by atoms with Gasteiger partial charge in [-0.2, -0.15) is 18.4 Å². The van der Waals surface area contributed by atoms with Crippen LogP contribution in [0, 0.1) is 23.7 Å². The molecule has 7 rings (SSSR count). The molecule has 0 saturated carbocycles. The number of aryl methyl sites for hydroxylation is 1. The molecule has 2 aliphatic rings. The first kappa shape index (κ1) is 55.0. The van der Waals surface area contributed by atoms with Crippen LogP contribution in [0.5, 0.6) is 5.75 Å². The Morgan fingerprint density at radius 1 is 0.959 bits per heavy atom. The molecule has 2 fully saturated rings. The molecule has 20 heteroatoms. The van der Waals surface area contributed by atoms with Gasteiger partial charge in [0.2, 0.25) is 17.7 Å². The molecular weight excluding hydrogens is 996 g/mol. The summed E-state index contributed by atoms with van der Waals surface area (Å²) in [7, 11) is 0. The number of β-amino-alcohol motifs (C(OH)–C–C–N with tert-alkyl or cyclic N) is 1. The van der Waals surface area contributed by atoms with E-state index in [9.17, 15) is 47.8 Å². The summed E-state index contributed by atoms with van der Waals surface area (Å²) in [6, 6.07) is 24.3. The highest BCUT2D eigenvalue weighted by Crippen LogP contribution is 2.40. The number of thiazole rings is 1. The molecule has 0 unspecified atom stereocenters. The lowest BCUT2D eigenvalue weighted by Gasteiger charge is -2.35. The maximum absolute atomic E-state index is 14.1. The summed E-state index contributed by atoms with van der Waals surface area (Å²) in [5.41, 5.74) is 2.94. The molecular formula is C54H58F3N7O8S2. The van der Waals surface area contributed by atoms with Crippen LogP contribution in [-0.4, -0.2) is 105 Å². The number of ether oxygens (including phenoxy) is 2. The van der Waals surface area contributed by atoms with Crippen LogP contribution in [0.2, 0.25) is 0 Å². The highest BCUT2D eigenvalue weighted by molar-refractivity contribution is 7.81. The number of benzene rings is 4. The van der Waals surface area contributed by atoms with Gasteiger partial charge in [-0.3, -0.25) is 24.1 Å². The molecule has 0 spiro atoms. The number of aromatic nitrogens is 1. The van der Waals surface area contributed by atoms with Gasteiger partial charge in [-0.15, -0.1) is 11.3 Å². The highest BCUT2D eigenvalue weighted by atomic mass is 32.1. The maximum Gasteiger partial charge on any atom is 0.417 e. The van der Waals surface area contributed by atoms with Crippen molar-refractivity contribution < 1.29 is 52.0 Å². The van der Waals surface area contributed by atoms with Crippen LogP contribution >= 0.6 is 23.6 Å². The van der Waals surface area contributed by atoms with Crippen LogP contribution in [0.25, 0.3) is 21.6 Å². The van der Waals surface area contributed by atoms with Gasteiger partial charge >= 0.3 is 6.18 Å². The molecule has 5 atom stereocenters. The van der Waals surface area contributed by atoms with Crippen molar-refractivity contribution in [3.63, 3.8) is 0 Å². The van der Waals surface area contributed by atoms with E-state index in [-0.39, 0.29) is 43.4 Å². The third-order valence-electron chi connectivity index (χ3n) is 13.0. The first-order chi connectivity index (χ1) is 34.9. The average Bonchev–Trinajstić information content (AvgIpc) is 4.02. The lowest BCUT2D eigenvalue weighted by atomic mass is 9.85. The molecule has 2 aliphatic heterocycles. The van der Waals surface area contributed by atoms with Crippen molar-refractivity contribution in [3.8, 4) is 33.4 Å². The zero-order valence-corrected chi connectivity index (χ0v) is 43.5. The van der Waals surface area contributed by atoms with E-state index in [1.807, 2.05) is 62.4 Å². The molecule has 390 valence electrons. The Balaban J connectivity index is 0.862. The Morgan fingerprint density at radius 2 is 1.58 bits per heavy atom. The van der Waals surface area contributed by atoms with E-state index >= 15 is 0 Å². The van der Waals surface area contributed by atoms with Gasteiger partial charge in [-0.25, -0.2) is 4.98 Å². The Morgan fingerprint density at radius 3 is 2.18 bits per heavy atom. The predicted octanol–water partition coefficient (Wildman–Crippen LogP) is 8.11. The highest BCUT2D eigenvalue weighted by Gasteiger charge is 2.51. The van der Waals surface area contributed by atoms with E-state index in [0.29, 0.717) is 11.4 Å². The number of amides is 4. The fourth-order valence-corrected chi connectivity index (χ4v) is 10.2. The third kappa shape index (κ3) is 12.3. The SMILES string of the molecule is Cc1ncsc1-c1ccc([C@H](C)NC(=O)[C@@H]2C[C@@H](O)CN2C(=O)[C@@H](NC(=O)COC[C@@H](O)CCOc2ccc(-c3ccc(N4C(=S)N(c5ccc(C#N)c(C(F)(F)F)c5)C(=O)C4(C)C)cc3)cc2)C(C)(C)C)cc1. The number of nitrogens with one attached hydrogen (secondary N) is 2. The molecule has 3 heterocycles. The number of thiocarbonyl (C=S) groups is 1. The summed E-state index contributed by atoms with van der Waals surface area (Å²) in [5, 5.41) is 36.2. The van der Waals surface area contributed by atoms with Gasteiger partial charge in [0.25, 0.3) is 5.91 Å². The van der Waals surface area contributed by atoms with Crippen molar-refractivity contribution >= 4 is 63.7 Å². The number of carbonyl (C=O) groups is 4. The molecule has 0 radical (unpaired) electrons. The second-order valence-electron chi connectivity index (χ2n) is 19.9. The molecule has 4 N–H and O–H groups in total. The van der Waals surface area contributed by atoms with Crippen molar-refractivity contribution in [1.29, 1.82) is 5.26 Å². The van der Waals surface area contributed by atoms with Gasteiger partial charge in [-0.1, -0.05) is 69.3 Å². The Bertz CT molecular complexity index is 2920. The molecule has 1 aromatic heterocycles. The minimum Gasteiger partial charge on any atom is -0.493 e. The van der Waals surface area contributed by atoms with Crippen LogP contribution in [-0.2, 0) is 30.1 Å². The largest absolute Gasteiger partial charge is 0.493 e. The quantitative estimate of drug-likeness (QED) is 0.0654. The smallest absolute Gasteiger partial charge is 0.417 e. The van der Waals surface area contributed by atoms with Crippen LogP contribution in [0.15, 0.2) is 96.5 Å². The van der Waals surface area contributed by atoms with E-state index in [4.69, 9.17) is 21.7 Å². The summed E-state index contributed by atoms with van der Waals surface area (Å²) in [4.78, 5) is 63.9. The molecule has 4 amide bonds. The zero-order chi connectivity index (χ0) is 53.9. The molecule has 0 aliphatic carbocycles. The lowest BCUT2D eigenvalue weighted by molar-refractivity contribution is -0.145. The maximum atomic E-state index is 14.1. The summed E-state index contributed by atoms with van der Waals surface area (Å²) in [5.74, 6) is -1.53. The Kier molecular flexibility index (Phi) is 16.6. The number of hydrogen-bond donors (Lipinski definition) is 4. The molecule has 2 saturated heterocycles. The summed E-state index contributed by atoms with van der Waals surface area (Å²) >= 11 is 7.22. The Labute approximate surface area is 436 Å². The van der Waals surface area contributed by atoms with Crippen molar-refractivity contribution in [1.82, 2.24) is 20.5 Å². The van der Waals surface area contributed by atoms with Gasteiger partial charge in [0.15, 0.2) is 5.11 Å². The number of aliphatic hydroxyl groups excluding tert-OH is 2. The second-order valence-corrected chi connectivity index (χ2v) is 21.1. The number of nitrogens with zero attached hydrogens (tertiary/aromatic N) is 5. The van der Waals surface area contributed by atoms with Gasteiger partial charge < -0.3 is 40.1 Å². The number of hydrogen-bond acceptors (Lipinski definition) is 12. The molecule has 15 nitrogen and oxygen atoms in total. The second kappa shape index (κ2) is 22.4. The van der Waals surface area contributed by atoms with Crippen molar-refractivity contribution in [2.45, 2.75) is 103 Å². The van der Waals surface area contributed by atoms with Crippen molar-refractivity contribution in [2.75, 3.05) is 36.2 Å². The topological polar surface area (TPSA) is 198 Å². The molecule has 4 aromatic carbocycles. The van der Waals surface area contributed by atoms with Crippen LogP contribution in [0.1, 0.15) is 82.8 Å². The standard InChI is InChI=1S/C54H58F3N7O8S2/c1-31(33-8-10-36(11-9-33)46-32(2)59-30-74-46)60-48(68)44-25-41(66)27-62(44)49(69)47(52(3,4)5)61-45(67)29-71-28-40(65)22-23-72-42-20-15-35(16-21-42)34-12-17-38(18-13-34)64-51(73)63(50(70)53(64,6)7)39-19-14-37(26-58)43(24-39)54(55,56)57/h8-21,24,30-31,40-41,44,47,65-66H,22-23,25,27-29H2,1-7H3,(H,60,68)(H,61,67)/t31-,40-,41+,44-,47+/m0/s1. The molecule has 0 bridgehead atoms. The van der Waals surface area contributed by atoms with Gasteiger partial charge in [-0.05, 0) is 110 Å². The van der Waals surface area contributed by atoms with Crippen LogP contribution in [0.4, 0.5) is 24.5 Å². The fraction of sp³-hybridized carbons (Fsp3) is 0.389. The summed E-state index contributed by atoms with van der Waals surface area (Å²) in [6.07, 6.45) is -6.51. The van der Waals surface area contributed by atoms with Gasteiger partial charge in [0, 0.05) is 25.1 Å². The summed E-state index contributed by atoms with van der Waals surface area (Å²) < 4.78 is 52.7. The van der Waals surface area contributed by atoms with Crippen molar-refractivity contribution in [3.05, 3.63) is 119 Å². The fourth-order valence-electron chi connectivity index (χ4n) is 8.91. The van der Waals surface area contributed by atoms with Crippen LogP contribution < -0.4 is 25.2 Å². The molecule has 74 heavy (non-hydrogen) atoms.